The van der Waals surface area contributed by atoms with Crippen molar-refractivity contribution < 1.29 is 45.4 Å². The Morgan fingerprint density at radius 3 is 1.71 bits per heavy atom. The molecular formula is C50H80N2O10Si4. The van der Waals surface area contributed by atoms with Crippen LogP contribution < -0.4 is 0 Å². The number of amides is 1. The van der Waals surface area contributed by atoms with Gasteiger partial charge in [-0.15, -0.1) is 0 Å². The first-order chi connectivity index (χ1) is 30.3. The fourth-order valence-electron chi connectivity index (χ4n) is 11.1. The van der Waals surface area contributed by atoms with Crippen molar-refractivity contribution in [2.24, 2.45) is 0 Å². The van der Waals surface area contributed by atoms with Gasteiger partial charge in [-0.1, -0.05) is 166 Å². The summed E-state index contributed by atoms with van der Waals surface area (Å²) >= 11 is 0. The summed E-state index contributed by atoms with van der Waals surface area (Å²) in [6, 6.07) is 21.4. The van der Waals surface area contributed by atoms with Gasteiger partial charge in [-0.3, -0.25) is 9.63 Å². The van der Waals surface area contributed by atoms with E-state index in [1.165, 1.54) is 5.06 Å². The maximum atomic E-state index is 14.8. The van der Waals surface area contributed by atoms with E-state index in [1.807, 2.05) is 36.4 Å². The zero-order valence-electron chi connectivity index (χ0n) is 43.4. The molecule has 2 bridgehead atoms. The molecular weight excluding hydrogens is 901 g/mol. The van der Waals surface area contributed by atoms with Crippen molar-refractivity contribution in [1.29, 1.82) is 5.26 Å². The van der Waals surface area contributed by atoms with Crippen LogP contribution in [0.2, 0.25) is 50.4 Å². The summed E-state index contributed by atoms with van der Waals surface area (Å²) in [5.41, 5.74) is -4.71. The topological polar surface area (TPSA) is 135 Å². The Kier molecular flexibility index (Phi) is 14.2. The zero-order chi connectivity index (χ0) is 49.5. The molecule has 4 aliphatic rings. The van der Waals surface area contributed by atoms with Crippen LogP contribution in [0.3, 0.4) is 0 Å². The molecule has 0 aromatic heterocycles. The van der Waals surface area contributed by atoms with Gasteiger partial charge in [0.2, 0.25) is 11.5 Å². The van der Waals surface area contributed by atoms with Gasteiger partial charge in [0.05, 0.1) is 12.0 Å². The van der Waals surface area contributed by atoms with Gasteiger partial charge in [-0.25, -0.2) is 9.86 Å². The number of carbonyl (C=O) groups is 2. The molecule has 1 amide bonds. The lowest BCUT2D eigenvalue weighted by Gasteiger charge is -2.75. The highest BCUT2D eigenvalue weighted by molar-refractivity contribution is 6.84. The molecule has 0 N–H and O–H groups in total. The van der Waals surface area contributed by atoms with Crippen LogP contribution in [0.15, 0.2) is 60.7 Å². The lowest BCUT2D eigenvalue weighted by molar-refractivity contribution is -0.380. The second kappa shape index (κ2) is 17.7. The predicted octanol–water partition coefficient (Wildman–Crippen LogP) is 11.8. The summed E-state index contributed by atoms with van der Waals surface area (Å²) in [4.78, 5) is 36.2. The Labute approximate surface area is 400 Å². The van der Waals surface area contributed by atoms with Crippen molar-refractivity contribution in [2.45, 2.75) is 216 Å². The van der Waals surface area contributed by atoms with Gasteiger partial charge in [-0.2, -0.15) is 5.26 Å². The Morgan fingerprint density at radius 2 is 1.27 bits per heavy atom. The minimum absolute atomic E-state index is 0.0311. The van der Waals surface area contributed by atoms with Gasteiger partial charge in [0.25, 0.3) is 0 Å². The van der Waals surface area contributed by atoms with Gasteiger partial charge in [0, 0.05) is 10.1 Å². The monoisotopic (exact) mass is 980 g/mol. The van der Waals surface area contributed by atoms with Crippen LogP contribution in [0.5, 0.6) is 0 Å². The van der Waals surface area contributed by atoms with Crippen LogP contribution in [0.4, 0.5) is 0 Å². The van der Waals surface area contributed by atoms with E-state index in [0.29, 0.717) is 5.56 Å². The summed E-state index contributed by atoms with van der Waals surface area (Å²) < 4.78 is 54.7. The van der Waals surface area contributed by atoms with Gasteiger partial charge in [0.1, 0.15) is 43.2 Å². The molecule has 2 unspecified atom stereocenters. The molecule has 6 rings (SSSR count). The van der Waals surface area contributed by atoms with Crippen molar-refractivity contribution in [2.75, 3.05) is 6.61 Å². The molecule has 3 saturated heterocycles. The number of ether oxygens (including phenoxy) is 1. The highest BCUT2D eigenvalue weighted by atomic mass is 28.5. The van der Waals surface area contributed by atoms with E-state index in [2.05, 4.69) is 137 Å². The van der Waals surface area contributed by atoms with Crippen molar-refractivity contribution in [1.82, 2.24) is 5.06 Å². The van der Waals surface area contributed by atoms with Crippen LogP contribution in [-0.2, 0) is 47.2 Å². The van der Waals surface area contributed by atoms with Gasteiger partial charge in [-0.05, 0) is 58.0 Å². The number of esters is 1. The Hall–Kier alpha value is -2.54. The highest BCUT2D eigenvalue weighted by Gasteiger charge is 2.90. The van der Waals surface area contributed by atoms with Crippen LogP contribution in [0.25, 0.3) is 0 Å². The number of nitrogens with zero attached hydrogens (tertiary/aromatic N) is 2. The predicted molar refractivity (Wildman–Crippen MR) is 265 cm³/mol. The normalized spacial score (nSPS) is 29.7. The van der Waals surface area contributed by atoms with Crippen LogP contribution >= 0.6 is 0 Å². The molecule has 1 saturated carbocycles. The van der Waals surface area contributed by atoms with Crippen LogP contribution in [-0.4, -0.2) is 92.6 Å². The largest absolute Gasteiger partial charge is 0.459 e. The van der Waals surface area contributed by atoms with Crippen molar-refractivity contribution in [3.05, 3.63) is 71.8 Å². The number of rotatable bonds is 12. The first-order valence-corrected chi connectivity index (χ1v) is 32.8. The minimum atomic E-state index is -3.97. The Balaban J connectivity index is 1.83. The van der Waals surface area contributed by atoms with E-state index in [0.717, 1.165) is 5.56 Å². The maximum Gasteiger partial charge on any atom is 0.351 e. The number of benzene rings is 2. The van der Waals surface area contributed by atoms with E-state index < -0.39 is 85.1 Å². The average Bonchev–Trinajstić information content (AvgIpc) is 3.39. The number of carbonyl (C=O) groups excluding carboxylic acids is 2. The average molecular weight is 982 g/mol. The number of hydrogen-bond donors (Lipinski definition) is 0. The number of hydroxylamine groups is 2. The van der Waals surface area contributed by atoms with Gasteiger partial charge >= 0.3 is 31.7 Å². The van der Waals surface area contributed by atoms with E-state index in [-0.39, 0.29) is 52.7 Å². The lowest BCUT2D eigenvalue weighted by Crippen LogP contribution is -2.97. The number of hydrogen-bond acceptors (Lipinski definition) is 11. The standard InChI is InChI=1S/C50H80N2O10Si4/c1-34(2)64(35(3)4)57-41-42(58-65(62-64,36(5)6)37(7)8)49(30-40(53)52(49)56-31-38-26-22-20-23-27-38)50(32-51)44(59-63(18,19)45(9,10)11)48(41,33-55-43(54)39-28-24-21-25-29-39)60-66(61-50,46(12,13)14)47(15,16)17/h20-29,34-37,41-42,44H,30-31,33H2,1-19H3/t41-,42+,44?,48+,49?,50+/m0/s1. The van der Waals surface area contributed by atoms with Gasteiger partial charge in [0.15, 0.2) is 13.9 Å². The molecule has 2 aromatic rings. The van der Waals surface area contributed by atoms with E-state index >= 15 is 0 Å². The Bertz CT molecular complexity index is 2100. The third-order valence-electron chi connectivity index (χ3n) is 15.5. The molecule has 0 radical (unpaired) electrons. The van der Waals surface area contributed by atoms with E-state index in [9.17, 15) is 14.9 Å². The molecule has 4 fully saturated rings. The third-order valence-corrected chi connectivity index (χ3v) is 35.4. The Morgan fingerprint density at radius 1 is 0.788 bits per heavy atom. The van der Waals surface area contributed by atoms with E-state index in [1.54, 1.807) is 24.3 Å². The number of fused-ring (bicyclic) bond motifs is 6. The van der Waals surface area contributed by atoms with Gasteiger partial charge < -0.3 is 31.0 Å². The summed E-state index contributed by atoms with van der Waals surface area (Å²) in [7, 11) is -14.0. The second-order valence-electron chi connectivity index (χ2n) is 24.1. The van der Waals surface area contributed by atoms with E-state index in [4.69, 9.17) is 35.8 Å². The molecule has 3 heterocycles. The maximum absolute atomic E-state index is 14.8. The van der Waals surface area contributed by atoms with Crippen molar-refractivity contribution in [3.8, 4) is 6.07 Å². The lowest BCUT2D eigenvalue weighted by atomic mass is 9.55. The first kappa shape index (κ1) is 52.8. The fraction of sp³-hybridized carbons (Fsp3) is 0.700. The molecule has 6 atom stereocenters. The molecule has 66 heavy (non-hydrogen) atoms. The van der Waals surface area contributed by atoms with Crippen LogP contribution in [0, 0.1) is 11.3 Å². The molecule has 12 nitrogen and oxygen atoms in total. The summed E-state index contributed by atoms with van der Waals surface area (Å²) in [6.07, 6.45) is -3.74. The minimum Gasteiger partial charge on any atom is -0.459 e. The highest BCUT2D eigenvalue weighted by Crippen LogP contribution is 2.69. The molecule has 1 spiro atoms. The SMILES string of the molecule is CC(C)[Si]1(C(C)C)O[C@@H]2[C@H](O[Si](C(C)C)(C(C)C)O1)[C@@]1(COC(=O)c3ccccc3)O[Si](C(C)(C)C)(C(C)(C)C)O[C@](C#N)(C1O[Si](C)(C)C(C)(C)C)C21CC(=O)N1OCc1ccccc1. The number of nitriles is 1. The quantitative estimate of drug-likeness (QED) is 0.114. The summed E-state index contributed by atoms with van der Waals surface area (Å²) in [5, 5.41) is 12.2. The third kappa shape index (κ3) is 8.01. The second-order valence-corrected chi connectivity index (χ2v) is 42.3. The molecule has 16 heteroatoms. The van der Waals surface area contributed by atoms with Crippen molar-refractivity contribution in [3.63, 3.8) is 0 Å². The fourth-order valence-corrected chi connectivity index (χ4v) is 28.8. The van der Waals surface area contributed by atoms with Crippen molar-refractivity contribution >= 4 is 45.9 Å². The van der Waals surface area contributed by atoms with Crippen LogP contribution in [0.1, 0.15) is 140 Å². The number of β-lactam (4-membered cyclic amide) rings is 1. The molecule has 2 aromatic carbocycles. The smallest absolute Gasteiger partial charge is 0.351 e. The molecule has 3 aliphatic heterocycles. The molecule has 1 aliphatic carbocycles. The summed E-state index contributed by atoms with van der Waals surface area (Å²) in [6.45, 7) is 40.1. The molecule has 366 valence electrons. The first-order valence-electron chi connectivity index (χ1n) is 24.1. The summed E-state index contributed by atoms with van der Waals surface area (Å²) in [5.74, 6) is -0.889. The zero-order valence-corrected chi connectivity index (χ0v) is 47.4.